The first-order valence-corrected chi connectivity index (χ1v) is 6.72. The summed E-state index contributed by atoms with van der Waals surface area (Å²) in [6, 6.07) is 9.40. The summed E-state index contributed by atoms with van der Waals surface area (Å²) in [5.74, 6) is 0.981. The van der Waals surface area contributed by atoms with Crippen molar-refractivity contribution >= 4 is 11.7 Å². The second-order valence-corrected chi connectivity index (χ2v) is 5.12. The Labute approximate surface area is 124 Å². The second kappa shape index (κ2) is 6.90. The fourth-order valence-corrected chi connectivity index (χ4v) is 1.89. The fourth-order valence-electron chi connectivity index (χ4n) is 1.89. The van der Waals surface area contributed by atoms with Crippen molar-refractivity contribution in [2.24, 2.45) is 0 Å². The van der Waals surface area contributed by atoms with Gasteiger partial charge in [-0.05, 0) is 32.6 Å². The molecule has 0 aliphatic rings. The molecule has 112 valence electrons. The van der Waals surface area contributed by atoms with Gasteiger partial charge in [-0.25, -0.2) is 0 Å². The van der Waals surface area contributed by atoms with Gasteiger partial charge in [-0.1, -0.05) is 18.2 Å². The monoisotopic (exact) mass is 288 g/mol. The van der Waals surface area contributed by atoms with Crippen molar-refractivity contribution < 1.29 is 9.53 Å². The van der Waals surface area contributed by atoms with Crippen molar-refractivity contribution in [2.45, 2.75) is 13.5 Å². The summed E-state index contributed by atoms with van der Waals surface area (Å²) in [5, 5.41) is 9.62. The Morgan fingerprint density at radius 3 is 2.86 bits per heavy atom. The molecule has 0 bridgehead atoms. The smallest absolute Gasteiger partial charge is 0.263 e. The lowest BCUT2D eigenvalue weighted by Gasteiger charge is -2.08. The molecule has 1 amide bonds. The van der Waals surface area contributed by atoms with Crippen molar-refractivity contribution in [1.82, 2.24) is 15.1 Å². The normalized spacial score (nSPS) is 10.7. The van der Waals surface area contributed by atoms with E-state index in [9.17, 15) is 4.79 Å². The summed E-state index contributed by atoms with van der Waals surface area (Å²) in [4.78, 5) is 13.8. The number of carbonyl (C=O) groups is 1. The quantitative estimate of drug-likeness (QED) is 0.850. The van der Waals surface area contributed by atoms with Crippen LogP contribution in [0.1, 0.15) is 11.3 Å². The first-order valence-electron chi connectivity index (χ1n) is 6.72. The standard InChI is InChI=1S/C15H20N4O2/c1-11-6-4-5-7-13(11)21-10-15(20)16-14-8-12(17-18-14)9-19(2)3/h4-8H,9-10H2,1-3H3,(H2,16,17,18,20). The van der Waals surface area contributed by atoms with Gasteiger partial charge in [-0.15, -0.1) is 0 Å². The van der Waals surface area contributed by atoms with E-state index in [2.05, 4.69) is 15.5 Å². The molecule has 0 spiro atoms. The molecule has 0 fully saturated rings. The SMILES string of the molecule is Cc1ccccc1OCC(=O)Nc1cc(CN(C)C)[nH]n1. The molecule has 1 aromatic heterocycles. The number of aryl methyl sites for hydroxylation is 1. The van der Waals surface area contributed by atoms with Gasteiger partial charge < -0.3 is 15.0 Å². The van der Waals surface area contributed by atoms with Crippen LogP contribution in [0.4, 0.5) is 5.82 Å². The van der Waals surface area contributed by atoms with Crippen molar-refractivity contribution in [2.75, 3.05) is 26.0 Å². The van der Waals surface area contributed by atoms with Crippen molar-refractivity contribution in [3.8, 4) is 5.75 Å². The van der Waals surface area contributed by atoms with Crippen LogP contribution in [-0.4, -0.2) is 41.7 Å². The van der Waals surface area contributed by atoms with Gasteiger partial charge in [0.2, 0.25) is 0 Å². The third-order valence-corrected chi connectivity index (χ3v) is 2.84. The number of nitrogens with zero attached hydrogens (tertiary/aromatic N) is 2. The van der Waals surface area contributed by atoms with Gasteiger partial charge in [0, 0.05) is 12.6 Å². The average Bonchev–Trinajstić information content (AvgIpc) is 2.84. The number of amides is 1. The molecule has 1 aromatic carbocycles. The van der Waals surface area contributed by atoms with E-state index in [1.807, 2.05) is 56.3 Å². The topological polar surface area (TPSA) is 70.2 Å². The Bertz CT molecular complexity index is 607. The van der Waals surface area contributed by atoms with Crippen molar-refractivity contribution in [1.29, 1.82) is 0 Å². The summed E-state index contributed by atoms with van der Waals surface area (Å²) in [6.45, 7) is 2.64. The second-order valence-electron chi connectivity index (χ2n) is 5.12. The maximum absolute atomic E-state index is 11.8. The molecule has 21 heavy (non-hydrogen) atoms. The van der Waals surface area contributed by atoms with Crippen molar-refractivity contribution in [3.05, 3.63) is 41.6 Å². The first kappa shape index (κ1) is 15.1. The molecule has 0 saturated heterocycles. The van der Waals surface area contributed by atoms with E-state index in [-0.39, 0.29) is 12.5 Å². The van der Waals surface area contributed by atoms with E-state index in [0.29, 0.717) is 11.6 Å². The van der Waals surface area contributed by atoms with Gasteiger partial charge in [0.1, 0.15) is 5.75 Å². The molecule has 2 N–H and O–H groups in total. The number of hydrogen-bond donors (Lipinski definition) is 2. The number of hydrogen-bond acceptors (Lipinski definition) is 4. The number of aromatic nitrogens is 2. The number of aromatic amines is 1. The van der Waals surface area contributed by atoms with Gasteiger partial charge in [-0.3, -0.25) is 9.89 Å². The third-order valence-electron chi connectivity index (χ3n) is 2.84. The van der Waals surface area contributed by atoms with Crippen LogP contribution in [0, 0.1) is 6.92 Å². The van der Waals surface area contributed by atoms with Crippen LogP contribution in [0.25, 0.3) is 0 Å². The van der Waals surface area contributed by atoms with Gasteiger partial charge in [-0.2, -0.15) is 5.10 Å². The summed E-state index contributed by atoms with van der Waals surface area (Å²) in [7, 11) is 3.93. The number of H-pyrrole nitrogens is 1. The number of ether oxygens (including phenoxy) is 1. The molecular weight excluding hydrogens is 268 g/mol. The van der Waals surface area contributed by atoms with E-state index in [0.717, 1.165) is 17.8 Å². The van der Waals surface area contributed by atoms with Gasteiger partial charge >= 0.3 is 0 Å². The predicted molar refractivity (Wildman–Crippen MR) is 81.3 cm³/mol. The summed E-state index contributed by atoms with van der Waals surface area (Å²) >= 11 is 0. The lowest BCUT2D eigenvalue weighted by Crippen LogP contribution is -2.20. The molecule has 0 saturated carbocycles. The largest absolute Gasteiger partial charge is 0.483 e. The molecule has 2 aromatic rings. The molecule has 0 atom stereocenters. The van der Waals surface area contributed by atoms with Crippen LogP contribution in [0.3, 0.4) is 0 Å². The number of anilines is 1. The van der Waals surface area contributed by atoms with E-state index < -0.39 is 0 Å². The molecule has 6 heteroatoms. The lowest BCUT2D eigenvalue weighted by atomic mass is 10.2. The molecule has 1 heterocycles. The Morgan fingerprint density at radius 2 is 2.14 bits per heavy atom. The van der Waals surface area contributed by atoms with Crippen LogP contribution in [0.5, 0.6) is 5.75 Å². The van der Waals surface area contributed by atoms with Crippen LogP contribution in [-0.2, 0) is 11.3 Å². The number of carbonyl (C=O) groups excluding carboxylic acids is 1. The van der Waals surface area contributed by atoms with Gasteiger partial charge in [0.15, 0.2) is 12.4 Å². The van der Waals surface area contributed by atoms with Gasteiger partial charge in [0.05, 0.1) is 5.69 Å². The van der Waals surface area contributed by atoms with E-state index in [1.54, 1.807) is 0 Å². The van der Waals surface area contributed by atoms with E-state index in [4.69, 9.17) is 4.74 Å². The maximum atomic E-state index is 11.8. The van der Waals surface area contributed by atoms with E-state index in [1.165, 1.54) is 0 Å². The Morgan fingerprint density at radius 1 is 1.38 bits per heavy atom. The van der Waals surface area contributed by atoms with E-state index >= 15 is 0 Å². The highest BCUT2D eigenvalue weighted by Gasteiger charge is 2.08. The number of benzene rings is 1. The molecule has 0 unspecified atom stereocenters. The molecule has 0 aliphatic heterocycles. The van der Waals surface area contributed by atoms with Gasteiger partial charge in [0.25, 0.3) is 5.91 Å². The summed E-state index contributed by atoms with van der Waals surface area (Å²) in [5.41, 5.74) is 1.94. The van der Waals surface area contributed by atoms with Crippen LogP contribution >= 0.6 is 0 Å². The highest BCUT2D eigenvalue weighted by atomic mass is 16.5. The Balaban J connectivity index is 1.84. The molecule has 0 radical (unpaired) electrons. The zero-order chi connectivity index (χ0) is 15.2. The molecular formula is C15H20N4O2. The number of para-hydroxylation sites is 1. The molecule has 2 rings (SSSR count). The van der Waals surface area contributed by atoms with Crippen LogP contribution < -0.4 is 10.1 Å². The fraction of sp³-hybridized carbons (Fsp3) is 0.333. The maximum Gasteiger partial charge on any atom is 0.263 e. The average molecular weight is 288 g/mol. The zero-order valence-electron chi connectivity index (χ0n) is 12.5. The highest BCUT2D eigenvalue weighted by Crippen LogP contribution is 2.16. The minimum Gasteiger partial charge on any atom is -0.483 e. The van der Waals surface area contributed by atoms with Crippen molar-refractivity contribution in [3.63, 3.8) is 0 Å². The number of nitrogens with one attached hydrogen (secondary N) is 2. The Kier molecular flexibility index (Phi) is 4.94. The molecule has 0 aliphatic carbocycles. The minimum atomic E-state index is -0.235. The van der Waals surface area contributed by atoms with Crippen LogP contribution in [0.2, 0.25) is 0 Å². The first-order chi connectivity index (χ1) is 10.0. The summed E-state index contributed by atoms with van der Waals surface area (Å²) in [6.07, 6.45) is 0. The third kappa shape index (κ3) is 4.61. The molecule has 6 nitrogen and oxygen atoms in total. The Hall–Kier alpha value is -2.34. The zero-order valence-corrected chi connectivity index (χ0v) is 12.5. The minimum absolute atomic E-state index is 0.0409. The summed E-state index contributed by atoms with van der Waals surface area (Å²) < 4.78 is 5.48. The highest BCUT2D eigenvalue weighted by molar-refractivity contribution is 5.90. The lowest BCUT2D eigenvalue weighted by molar-refractivity contribution is -0.118. The van der Waals surface area contributed by atoms with Crippen LogP contribution in [0.15, 0.2) is 30.3 Å². The number of rotatable bonds is 6. The predicted octanol–water partition coefficient (Wildman–Crippen LogP) is 1.80.